The highest BCUT2D eigenvalue weighted by Crippen LogP contribution is 2.41. The third-order valence-corrected chi connectivity index (χ3v) is 2.98. The summed E-state index contributed by atoms with van der Waals surface area (Å²) in [5.41, 5.74) is 0. The Kier molecular flexibility index (Phi) is 3.80. The lowest BCUT2D eigenvalue weighted by atomic mass is 10.0. The van der Waals surface area contributed by atoms with Gasteiger partial charge in [-0.1, -0.05) is 13.0 Å². The SMILES string of the molecule is C=CCCCC(NC)C1CC1C. The Balaban J connectivity index is 2.13. The largest absolute Gasteiger partial charge is 0.317 e. The standard InChI is InChI=1S/C11H21N/c1-4-5-6-7-11(12-3)10-8-9(10)2/h4,9-12H,1,5-8H2,2-3H3. The molecule has 0 aromatic heterocycles. The van der Waals surface area contributed by atoms with Gasteiger partial charge in [-0.3, -0.25) is 0 Å². The second-order valence-corrected chi connectivity index (χ2v) is 3.99. The highest BCUT2D eigenvalue weighted by molar-refractivity contribution is 4.91. The fourth-order valence-electron chi connectivity index (χ4n) is 1.97. The van der Waals surface area contributed by atoms with Gasteiger partial charge in [0.2, 0.25) is 0 Å². The Hall–Kier alpha value is -0.300. The molecule has 12 heavy (non-hydrogen) atoms. The molecule has 0 saturated heterocycles. The van der Waals surface area contributed by atoms with Crippen LogP contribution in [0, 0.1) is 11.8 Å². The zero-order valence-electron chi connectivity index (χ0n) is 8.34. The molecule has 1 nitrogen and oxygen atoms in total. The molecular formula is C11H21N. The zero-order chi connectivity index (χ0) is 8.97. The van der Waals surface area contributed by atoms with Crippen LogP contribution < -0.4 is 5.32 Å². The minimum absolute atomic E-state index is 0.764. The van der Waals surface area contributed by atoms with Crippen LogP contribution in [0.25, 0.3) is 0 Å². The molecule has 1 saturated carbocycles. The van der Waals surface area contributed by atoms with Crippen LogP contribution in [0.5, 0.6) is 0 Å². The van der Waals surface area contributed by atoms with Crippen molar-refractivity contribution in [2.45, 2.75) is 38.6 Å². The average Bonchev–Trinajstić information content (AvgIpc) is 2.77. The Bertz CT molecular complexity index is 142. The van der Waals surface area contributed by atoms with E-state index in [1.165, 1.54) is 25.7 Å². The van der Waals surface area contributed by atoms with Gasteiger partial charge in [0.15, 0.2) is 0 Å². The molecule has 1 aliphatic carbocycles. The van der Waals surface area contributed by atoms with Crippen molar-refractivity contribution in [2.24, 2.45) is 11.8 Å². The summed E-state index contributed by atoms with van der Waals surface area (Å²) < 4.78 is 0. The molecule has 0 spiro atoms. The first-order valence-electron chi connectivity index (χ1n) is 5.07. The average molecular weight is 167 g/mol. The molecule has 1 aliphatic rings. The quantitative estimate of drug-likeness (QED) is 0.473. The van der Waals surface area contributed by atoms with Crippen molar-refractivity contribution < 1.29 is 0 Å². The molecule has 0 amide bonds. The van der Waals surface area contributed by atoms with Crippen molar-refractivity contribution in [3.05, 3.63) is 12.7 Å². The molecule has 0 aromatic carbocycles. The van der Waals surface area contributed by atoms with Gasteiger partial charge in [0.25, 0.3) is 0 Å². The van der Waals surface area contributed by atoms with Crippen molar-refractivity contribution in [1.82, 2.24) is 5.32 Å². The second kappa shape index (κ2) is 4.66. The van der Waals surface area contributed by atoms with E-state index in [1.807, 2.05) is 6.08 Å². The van der Waals surface area contributed by atoms with Crippen molar-refractivity contribution in [3.63, 3.8) is 0 Å². The van der Waals surface area contributed by atoms with Gasteiger partial charge in [-0.15, -0.1) is 6.58 Å². The molecule has 0 bridgehead atoms. The van der Waals surface area contributed by atoms with E-state index in [4.69, 9.17) is 0 Å². The van der Waals surface area contributed by atoms with E-state index in [1.54, 1.807) is 0 Å². The van der Waals surface area contributed by atoms with Crippen LogP contribution in [0.2, 0.25) is 0 Å². The maximum absolute atomic E-state index is 3.74. The van der Waals surface area contributed by atoms with Gasteiger partial charge in [0, 0.05) is 6.04 Å². The van der Waals surface area contributed by atoms with E-state index in [2.05, 4.69) is 25.9 Å². The predicted molar refractivity (Wildman–Crippen MR) is 54.2 cm³/mol. The highest BCUT2D eigenvalue weighted by atomic mass is 14.9. The van der Waals surface area contributed by atoms with E-state index < -0.39 is 0 Å². The van der Waals surface area contributed by atoms with Crippen molar-refractivity contribution in [3.8, 4) is 0 Å². The van der Waals surface area contributed by atoms with Gasteiger partial charge >= 0.3 is 0 Å². The van der Waals surface area contributed by atoms with Gasteiger partial charge in [-0.05, 0) is 44.6 Å². The molecule has 70 valence electrons. The minimum atomic E-state index is 0.764. The number of nitrogens with one attached hydrogen (secondary N) is 1. The summed E-state index contributed by atoms with van der Waals surface area (Å²) in [4.78, 5) is 0. The summed E-state index contributed by atoms with van der Waals surface area (Å²) in [6, 6.07) is 0.764. The first-order valence-corrected chi connectivity index (χ1v) is 5.07. The Labute approximate surface area is 76.2 Å². The highest BCUT2D eigenvalue weighted by Gasteiger charge is 2.37. The molecule has 0 radical (unpaired) electrons. The van der Waals surface area contributed by atoms with Crippen molar-refractivity contribution in [2.75, 3.05) is 7.05 Å². The Morgan fingerprint density at radius 1 is 1.67 bits per heavy atom. The van der Waals surface area contributed by atoms with Crippen LogP contribution in [0.15, 0.2) is 12.7 Å². The van der Waals surface area contributed by atoms with E-state index in [9.17, 15) is 0 Å². The van der Waals surface area contributed by atoms with Gasteiger partial charge in [0.05, 0.1) is 0 Å². The lowest BCUT2D eigenvalue weighted by molar-refractivity contribution is 0.441. The summed E-state index contributed by atoms with van der Waals surface area (Å²) in [5, 5.41) is 3.42. The van der Waals surface area contributed by atoms with E-state index in [0.29, 0.717) is 0 Å². The summed E-state index contributed by atoms with van der Waals surface area (Å²) in [6.45, 7) is 6.09. The molecule has 0 aromatic rings. The summed E-state index contributed by atoms with van der Waals surface area (Å²) in [6.07, 6.45) is 7.22. The minimum Gasteiger partial charge on any atom is -0.317 e. The third kappa shape index (κ3) is 2.63. The van der Waals surface area contributed by atoms with Crippen LogP contribution in [0.4, 0.5) is 0 Å². The number of unbranched alkanes of at least 4 members (excludes halogenated alkanes) is 1. The molecule has 1 heteroatoms. The Morgan fingerprint density at radius 3 is 2.75 bits per heavy atom. The molecule has 0 heterocycles. The van der Waals surface area contributed by atoms with Crippen LogP contribution in [-0.2, 0) is 0 Å². The number of hydrogen-bond acceptors (Lipinski definition) is 1. The predicted octanol–water partition coefficient (Wildman–Crippen LogP) is 2.59. The number of allylic oxidation sites excluding steroid dienone is 1. The van der Waals surface area contributed by atoms with Crippen LogP contribution in [0.1, 0.15) is 32.6 Å². The normalized spacial score (nSPS) is 29.8. The molecule has 1 rings (SSSR count). The molecule has 3 unspecified atom stereocenters. The first kappa shape index (κ1) is 9.79. The summed E-state index contributed by atoms with van der Waals surface area (Å²) in [7, 11) is 2.09. The zero-order valence-corrected chi connectivity index (χ0v) is 8.34. The van der Waals surface area contributed by atoms with Crippen molar-refractivity contribution >= 4 is 0 Å². The molecule has 3 atom stereocenters. The molecule has 1 N–H and O–H groups in total. The van der Waals surface area contributed by atoms with Crippen LogP contribution in [0.3, 0.4) is 0 Å². The summed E-state index contributed by atoms with van der Waals surface area (Å²) >= 11 is 0. The fourth-order valence-corrected chi connectivity index (χ4v) is 1.97. The van der Waals surface area contributed by atoms with E-state index >= 15 is 0 Å². The third-order valence-electron chi connectivity index (χ3n) is 2.98. The maximum Gasteiger partial charge on any atom is 0.00950 e. The summed E-state index contributed by atoms with van der Waals surface area (Å²) in [5.74, 6) is 1.92. The second-order valence-electron chi connectivity index (χ2n) is 3.99. The van der Waals surface area contributed by atoms with E-state index in [-0.39, 0.29) is 0 Å². The van der Waals surface area contributed by atoms with Gasteiger partial charge in [-0.2, -0.15) is 0 Å². The lowest BCUT2D eigenvalue weighted by Gasteiger charge is -2.14. The lowest BCUT2D eigenvalue weighted by Crippen LogP contribution is -2.27. The van der Waals surface area contributed by atoms with Gasteiger partial charge < -0.3 is 5.32 Å². The van der Waals surface area contributed by atoms with Crippen LogP contribution >= 0.6 is 0 Å². The first-order chi connectivity index (χ1) is 5.79. The smallest absolute Gasteiger partial charge is 0.00950 e. The molecular weight excluding hydrogens is 146 g/mol. The number of rotatable bonds is 6. The topological polar surface area (TPSA) is 12.0 Å². The Morgan fingerprint density at radius 2 is 2.33 bits per heavy atom. The number of hydrogen-bond donors (Lipinski definition) is 1. The van der Waals surface area contributed by atoms with Gasteiger partial charge in [-0.25, -0.2) is 0 Å². The van der Waals surface area contributed by atoms with E-state index in [0.717, 1.165) is 17.9 Å². The van der Waals surface area contributed by atoms with Gasteiger partial charge in [0.1, 0.15) is 0 Å². The van der Waals surface area contributed by atoms with Crippen molar-refractivity contribution in [1.29, 1.82) is 0 Å². The molecule has 0 aliphatic heterocycles. The molecule has 1 fully saturated rings. The fraction of sp³-hybridized carbons (Fsp3) is 0.818. The maximum atomic E-state index is 3.74. The monoisotopic (exact) mass is 167 g/mol. The van der Waals surface area contributed by atoms with Crippen LogP contribution in [-0.4, -0.2) is 13.1 Å².